The predicted molar refractivity (Wildman–Crippen MR) is 143 cm³/mol. The molecule has 0 saturated carbocycles. The lowest BCUT2D eigenvalue weighted by Crippen LogP contribution is -2.19. The summed E-state index contributed by atoms with van der Waals surface area (Å²) in [6.45, 7) is 9.42. The van der Waals surface area contributed by atoms with Crippen molar-refractivity contribution in [2.24, 2.45) is 11.8 Å². The molecule has 3 atom stereocenters. The summed E-state index contributed by atoms with van der Waals surface area (Å²) in [5, 5.41) is 1.75. The van der Waals surface area contributed by atoms with Crippen molar-refractivity contribution in [1.82, 2.24) is 0 Å². The average Bonchev–Trinajstić information content (AvgIpc) is 2.71. The lowest BCUT2D eigenvalue weighted by Gasteiger charge is -2.24. The van der Waals surface area contributed by atoms with Gasteiger partial charge in [0.05, 0.1) is 0 Å². The molecule has 0 aromatic heterocycles. The van der Waals surface area contributed by atoms with Gasteiger partial charge in [0.25, 0.3) is 0 Å². The molecule has 0 aliphatic carbocycles. The molecule has 29 heavy (non-hydrogen) atoms. The molecule has 0 radical (unpaired) electrons. The highest BCUT2D eigenvalue weighted by Gasteiger charge is 2.19. The van der Waals surface area contributed by atoms with Gasteiger partial charge in [0.1, 0.15) is 0 Å². The summed E-state index contributed by atoms with van der Waals surface area (Å²) in [5.41, 5.74) is 0. The molecule has 0 fully saturated rings. The second-order valence-corrected chi connectivity index (χ2v) is 12.0. The zero-order valence-corrected chi connectivity index (χ0v) is 22.8. The molecule has 0 N–H and O–H groups in total. The van der Waals surface area contributed by atoms with Crippen LogP contribution < -0.4 is 0 Å². The van der Waals surface area contributed by atoms with Crippen LogP contribution in [0.25, 0.3) is 0 Å². The maximum Gasteiger partial charge on any atom is 0.0163 e. The van der Waals surface area contributed by atoms with Crippen molar-refractivity contribution in [3.05, 3.63) is 0 Å². The zero-order chi connectivity index (χ0) is 21.7. The minimum atomic E-state index is 0.875. The Kier molecular flexibility index (Phi) is 22.4. The van der Waals surface area contributed by atoms with Crippen LogP contribution in [0.15, 0.2) is 0 Å². The lowest BCUT2D eigenvalue weighted by atomic mass is 9.99. The Labute approximate surface area is 194 Å². The third-order valence-electron chi connectivity index (χ3n) is 6.67. The van der Waals surface area contributed by atoms with Gasteiger partial charge in [-0.15, -0.1) is 0 Å². The summed E-state index contributed by atoms with van der Waals surface area (Å²) in [6, 6.07) is 0. The minimum Gasteiger partial charge on any atom is -0.161 e. The largest absolute Gasteiger partial charge is 0.161 e. The molecular formula is C27H56S2. The Morgan fingerprint density at radius 3 is 1.17 bits per heavy atom. The van der Waals surface area contributed by atoms with E-state index in [4.69, 9.17) is 0 Å². The van der Waals surface area contributed by atoms with E-state index in [1.807, 2.05) is 0 Å². The molecule has 0 spiro atoms. The van der Waals surface area contributed by atoms with Gasteiger partial charge in [0.2, 0.25) is 0 Å². The Hall–Kier alpha value is 0.700. The lowest BCUT2D eigenvalue weighted by molar-refractivity contribution is 0.470. The highest BCUT2D eigenvalue weighted by Crippen LogP contribution is 2.30. The van der Waals surface area contributed by atoms with Crippen LogP contribution in [-0.2, 0) is 0 Å². The highest BCUT2D eigenvalue weighted by atomic mass is 32.2. The topological polar surface area (TPSA) is 0 Å². The van der Waals surface area contributed by atoms with Crippen LogP contribution in [0.1, 0.15) is 137 Å². The number of rotatable bonds is 22. The van der Waals surface area contributed by atoms with E-state index in [-0.39, 0.29) is 0 Å². The SMILES string of the molecule is CCC(C)CCCCCCC(SC)C(CCCCCCCCCCC(C)C)SC. The third-order valence-corrected chi connectivity index (χ3v) is 9.18. The fraction of sp³-hybridized carbons (Fsp3) is 1.00. The van der Waals surface area contributed by atoms with Gasteiger partial charge in [-0.1, -0.05) is 124 Å². The Morgan fingerprint density at radius 1 is 0.483 bits per heavy atom. The second-order valence-electron chi connectivity index (χ2n) is 9.85. The number of unbranched alkanes of at least 4 members (excludes halogenated alkanes) is 10. The summed E-state index contributed by atoms with van der Waals surface area (Å²) in [4.78, 5) is 0. The standard InChI is InChI=1S/C27H56S2/c1-7-25(4)21-17-14-15-19-23-27(29-6)26(28-5)22-18-13-11-9-8-10-12-16-20-24(2)3/h24-27H,7-23H2,1-6H3. The molecule has 0 saturated heterocycles. The van der Waals surface area contributed by atoms with Crippen molar-refractivity contribution in [1.29, 1.82) is 0 Å². The maximum atomic E-state index is 2.40. The van der Waals surface area contributed by atoms with Crippen molar-refractivity contribution in [2.45, 2.75) is 147 Å². The van der Waals surface area contributed by atoms with Gasteiger partial charge in [-0.2, -0.15) is 23.5 Å². The van der Waals surface area contributed by atoms with Crippen molar-refractivity contribution >= 4 is 23.5 Å². The van der Waals surface area contributed by atoms with Crippen LogP contribution in [0, 0.1) is 11.8 Å². The van der Waals surface area contributed by atoms with Gasteiger partial charge in [-0.3, -0.25) is 0 Å². The summed E-state index contributed by atoms with van der Waals surface area (Å²) >= 11 is 4.27. The Bertz CT molecular complexity index is 316. The maximum absolute atomic E-state index is 2.40. The van der Waals surface area contributed by atoms with Crippen molar-refractivity contribution in [2.75, 3.05) is 12.5 Å². The highest BCUT2D eigenvalue weighted by molar-refractivity contribution is 8.03. The first-order valence-electron chi connectivity index (χ1n) is 13.1. The monoisotopic (exact) mass is 444 g/mol. The molecule has 0 aliphatic rings. The quantitative estimate of drug-likeness (QED) is 0.152. The van der Waals surface area contributed by atoms with E-state index >= 15 is 0 Å². The molecule has 0 rings (SSSR count). The summed E-state index contributed by atoms with van der Waals surface area (Å²) < 4.78 is 0. The first-order chi connectivity index (χ1) is 14.0. The van der Waals surface area contributed by atoms with Crippen LogP contribution >= 0.6 is 23.5 Å². The van der Waals surface area contributed by atoms with Crippen LogP contribution in [-0.4, -0.2) is 23.0 Å². The average molecular weight is 445 g/mol. The van der Waals surface area contributed by atoms with Crippen LogP contribution in [0.5, 0.6) is 0 Å². The molecule has 0 amide bonds. The van der Waals surface area contributed by atoms with E-state index in [1.54, 1.807) is 0 Å². The van der Waals surface area contributed by atoms with Crippen LogP contribution in [0.2, 0.25) is 0 Å². The molecule has 0 heterocycles. The summed E-state index contributed by atoms with van der Waals surface area (Å²) in [7, 11) is 0. The summed E-state index contributed by atoms with van der Waals surface area (Å²) in [5.74, 6) is 1.82. The third kappa shape index (κ3) is 19.1. The van der Waals surface area contributed by atoms with Crippen LogP contribution in [0.4, 0.5) is 0 Å². The molecule has 0 bridgehead atoms. The van der Waals surface area contributed by atoms with E-state index in [9.17, 15) is 0 Å². The fourth-order valence-corrected chi connectivity index (χ4v) is 6.62. The molecule has 2 heteroatoms. The number of thioether (sulfide) groups is 2. The molecule has 0 aliphatic heterocycles. The van der Waals surface area contributed by atoms with Crippen molar-refractivity contribution in [3.63, 3.8) is 0 Å². The molecule has 176 valence electrons. The molecule has 0 aromatic rings. The van der Waals surface area contributed by atoms with E-state index in [0.29, 0.717) is 0 Å². The van der Waals surface area contributed by atoms with E-state index in [1.165, 1.54) is 109 Å². The fourth-order valence-electron chi connectivity index (χ4n) is 4.27. The summed E-state index contributed by atoms with van der Waals surface area (Å²) in [6.07, 6.45) is 29.2. The van der Waals surface area contributed by atoms with Gasteiger partial charge >= 0.3 is 0 Å². The van der Waals surface area contributed by atoms with E-state index < -0.39 is 0 Å². The van der Waals surface area contributed by atoms with E-state index in [0.717, 1.165) is 22.3 Å². The van der Waals surface area contributed by atoms with Crippen molar-refractivity contribution < 1.29 is 0 Å². The Morgan fingerprint density at radius 2 is 0.828 bits per heavy atom. The van der Waals surface area contributed by atoms with Crippen LogP contribution in [0.3, 0.4) is 0 Å². The molecular weight excluding hydrogens is 388 g/mol. The second kappa shape index (κ2) is 21.9. The van der Waals surface area contributed by atoms with Gasteiger partial charge in [0, 0.05) is 10.5 Å². The van der Waals surface area contributed by atoms with Gasteiger partial charge in [-0.05, 0) is 37.2 Å². The predicted octanol–water partition coefficient (Wildman–Crippen LogP) is 10.4. The smallest absolute Gasteiger partial charge is 0.0163 e. The first-order valence-corrected chi connectivity index (χ1v) is 15.7. The number of hydrogen-bond donors (Lipinski definition) is 0. The normalized spacial score (nSPS) is 15.0. The molecule has 3 unspecified atom stereocenters. The van der Waals surface area contributed by atoms with Crippen molar-refractivity contribution in [3.8, 4) is 0 Å². The molecule has 0 nitrogen and oxygen atoms in total. The van der Waals surface area contributed by atoms with Gasteiger partial charge in [-0.25, -0.2) is 0 Å². The first kappa shape index (κ1) is 29.7. The van der Waals surface area contributed by atoms with Gasteiger partial charge in [0.15, 0.2) is 0 Å². The zero-order valence-electron chi connectivity index (χ0n) is 21.1. The Balaban J connectivity index is 3.69. The van der Waals surface area contributed by atoms with Gasteiger partial charge < -0.3 is 0 Å². The van der Waals surface area contributed by atoms with E-state index in [2.05, 4.69) is 63.7 Å². The number of hydrogen-bond acceptors (Lipinski definition) is 2. The minimum absolute atomic E-state index is 0.875. The molecule has 0 aromatic carbocycles.